The van der Waals surface area contributed by atoms with Crippen molar-refractivity contribution < 1.29 is 37.3 Å². The lowest BCUT2D eigenvalue weighted by Crippen LogP contribution is -2.35. The number of rotatable bonds is 9. The fourth-order valence-corrected chi connectivity index (χ4v) is 4.70. The molecule has 1 N–H and O–H groups in total. The van der Waals surface area contributed by atoms with Crippen molar-refractivity contribution in [2.45, 2.75) is 38.8 Å². The number of fused-ring (bicyclic) bond motifs is 1. The number of benzene rings is 2. The molecule has 0 radical (unpaired) electrons. The van der Waals surface area contributed by atoms with E-state index in [1.54, 1.807) is 44.2 Å². The van der Waals surface area contributed by atoms with Crippen LogP contribution in [0.2, 0.25) is 0 Å². The Kier molecular flexibility index (Phi) is 7.92. The molecule has 0 unspecified atom stereocenters. The van der Waals surface area contributed by atoms with Crippen LogP contribution >= 0.6 is 0 Å². The maximum Gasteiger partial charge on any atom is 0.421 e. The van der Waals surface area contributed by atoms with E-state index in [0.717, 1.165) is 5.56 Å². The zero-order chi connectivity index (χ0) is 25.8. The largest absolute Gasteiger partial charge is 0.467 e. The Hall–Kier alpha value is -3.70. The number of aryl methyl sites for hydroxylation is 1. The molecule has 0 aliphatic heterocycles. The number of ether oxygens (including phenoxy) is 3. The maximum atomic E-state index is 13.2. The van der Waals surface area contributed by atoms with Crippen LogP contribution < -0.4 is 4.74 Å². The fourth-order valence-electron chi connectivity index (χ4n) is 3.45. The monoisotopic (exact) mass is 502 g/mol. The molecule has 35 heavy (non-hydrogen) atoms. The van der Waals surface area contributed by atoms with Gasteiger partial charge in [0, 0.05) is 25.0 Å². The molecular formula is C24H26N2O8S. The Balaban J connectivity index is 2.14. The van der Waals surface area contributed by atoms with Gasteiger partial charge in [0.15, 0.2) is 6.79 Å². The highest BCUT2D eigenvalue weighted by atomic mass is 32.2. The van der Waals surface area contributed by atoms with E-state index in [1.807, 2.05) is 0 Å². The Morgan fingerprint density at radius 1 is 1.09 bits per heavy atom. The summed E-state index contributed by atoms with van der Waals surface area (Å²) in [6.07, 6.45) is -1.63. The molecule has 3 rings (SSSR count). The molecule has 1 amide bonds. The van der Waals surface area contributed by atoms with Crippen molar-refractivity contribution in [3.8, 4) is 5.75 Å². The average molecular weight is 503 g/mol. The van der Waals surface area contributed by atoms with Crippen LogP contribution in [0, 0.1) is 13.8 Å². The van der Waals surface area contributed by atoms with Crippen molar-refractivity contribution >= 4 is 33.0 Å². The summed E-state index contributed by atoms with van der Waals surface area (Å²) in [7, 11) is -2.90. The van der Waals surface area contributed by atoms with E-state index < -0.39 is 28.6 Å². The smallest absolute Gasteiger partial charge is 0.421 e. The number of carbonyl (C=O) groups excluding carboxylic acids is 1. The van der Waals surface area contributed by atoms with Crippen molar-refractivity contribution in [3.05, 3.63) is 64.8 Å². The summed E-state index contributed by atoms with van der Waals surface area (Å²) in [4.78, 5) is 27.9. The number of methoxy groups -OCH3 is 1. The van der Waals surface area contributed by atoms with Gasteiger partial charge in [-0.1, -0.05) is 29.8 Å². The Morgan fingerprint density at radius 3 is 2.37 bits per heavy atom. The van der Waals surface area contributed by atoms with E-state index >= 15 is 0 Å². The number of carboxylic acid groups (broad SMARTS) is 1. The molecular weight excluding hydrogens is 476 g/mol. The van der Waals surface area contributed by atoms with Crippen molar-refractivity contribution in [2.24, 2.45) is 0 Å². The van der Waals surface area contributed by atoms with E-state index in [0.29, 0.717) is 37.8 Å². The van der Waals surface area contributed by atoms with Crippen LogP contribution in [0.15, 0.2) is 47.4 Å². The molecule has 0 atom stereocenters. The molecule has 11 heteroatoms. The lowest BCUT2D eigenvalue weighted by atomic mass is 10.0. The van der Waals surface area contributed by atoms with Crippen molar-refractivity contribution in [1.29, 1.82) is 0 Å². The predicted molar refractivity (Wildman–Crippen MR) is 126 cm³/mol. The Morgan fingerprint density at radius 2 is 1.77 bits per heavy atom. The number of aromatic nitrogens is 1. The van der Waals surface area contributed by atoms with Crippen LogP contribution in [0.5, 0.6) is 5.75 Å². The first kappa shape index (κ1) is 25.9. The third kappa shape index (κ3) is 5.69. The molecule has 186 valence electrons. The SMILES string of the molecule is COCOc1c(C)c(COC(C)=O)nc2c(CN(C(=O)O)S(=O)(=O)c3ccc(C)cc3)cccc12. The van der Waals surface area contributed by atoms with Crippen molar-refractivity contribution in [2.75, 3.05) is 13.9 Å². The highest BCUT2D eigenvalue weighted by Gasteiger charge is 2.30. The van der Waals surface area contributed by atoms with Gasteiger partial charge >= 0.3 is 12.1 Å². The normalized spacial score (nSPS) is 11.3. The first-order valence-corrected chi connectivity index (χ1v) is 12.0. The molecule has 10 nitrogen and oxygen atoms in total. The highest BCUT2D eigenvalue weighted by Crippen LogP contribution is 2.33. The molecule has 0 saturated heterocycles. The van der Waals surface area contributed by atoms with Gasteiger partial charge in [-0.05, 0) is 37.6 Å². The number of esters is 1. The zero-order valence-electron chi connectivity index (χ0n) is 19.8. The number of para-hydroxylation sites is 1. The summed E-state index contributed by atoms with van der Waals surface area (Å²) in [6.45, 7) is 4.11. The first-order chi connectivity index (χ1) is 16.6. The summed E-state index contributed by atoms with van der Waals surface area (Å²) in [5, 5.41) is 10.3. The van der Waals surface area contributed by atoms with Gasteiger partial charge in [-0.25, -0.2) is 18.2 Å². The van der Waals surface area contributed by atoms with E-state index in [4.69, 9.17) is 14.2 Å². The second-order valence-corrected chi connectivity index (χ2v) is 9.63. The molecule has 0 fully saturated rings. The molecule has 0 spiro atoms. The van der Waals surface area contributed by atoms with Gasteiger partial charge in [0.05, 0.1) is 22.7 Å². The quantitative estimate of drug-likeness (QED) is 0.343. The van der Waals surface area contributed by atoms with Crippen LogP contribution in [0.25, 0.3) is 10.9 Å². The minimum Gasteiger partial charge on any atom is -0.467 e. The topological polar surface area (TPSA) is 132 Å². The van der Waals surface area contributed by atoms with Gasteiger partial charge < -0.3 is 19.3 Å². The minimum atomic E-state index is -4.36. The summed E-state index contributed by atoms with van der Waals surface area (Å²) >= 11 is 0. The number of carbonyl (C=O) groups is 2. The number of hydrogen-bond acceptors (Lipinski definition) is 8. The molecule has 0 aliphatic rings. The number of nitrogens with zero attached hydrogens (tertiary/aromatic N) is 2. The summed E-state index contributed by atoms with van der Waals surface area (Å²) < 4.78 is 42.6. The molecule has 1 aromatic heterocycles. The third-order valence-corrected chi connectivity index (χ3v) is 6.99. The van der Waals surface area contributed by atoms with Gasteiger partial charge in [-0.2, -0.15) is 4.31 Å². The van der Waals surface area contributed by atoms with E-state index in [2.05, 4.69) is 4.98 Å². The number of sulfonamides is 1. The summed E-state index contributed by atoms with van der Waals surface area (Å²) in [6, 6.07) is 10.9. The summed E-state index contributed by atoms with van der Waals surface area (Å²) in [5.74, 6) is -0.0932. The molecule has 1 heterocycles. The van der Waals surface area contributed by atoms with E-state index in [1.165, 1.54) is 26.2 Å². The van der Waals surface area contributed by atoms with Crippen LogP contribution in [0.1, 0.15) is 29.3 Å². The Labute approximate surface area is 203 Å². The first-order valence-electron chi connectivity index (χ1n) is 10.5. The van der Waals surface area contributed by atoms with Crippen LogP contribution in [-0.4, -0.2) is 48.8 Å². The van der Waals surface area contributed by atoms with Gasteiger partial charge in [0.2, 0.25) is 0 Å². The lowest BCUT2D eigenvalue weighted by molar-refractivity contribution is -0.142. The lowest BCUT2D eigenvalue weighted by Gasteiger charge is -2.21. The van der Waals surface area contributed by atoms with Gasteiger partial charge in [-0.3, -0.25) is 4.79 Å². The Bertz CT molecular complexity index is 1350. The van der Waals surface area contributed by atoms with Gasteiger partial charge in [0.25, 0.3) is 10.0 Å². The number of amides is 1. The van der Waals surface area contributed by atoms with Gasteiger partial charge in [0.1, 0.15) is 12.4 Å². The second-order valence-electron chi connectivity index (χ2n) is 7.76. The van der Waals surface area contributed by atoms with Crippen LogP contribution in [0.4, 0.5) is 4.79 Å². The van der Waals surface area contributed by atoms with Crippen LogP contribution in [0.3, 0.4) is 0 Å². The summed E-state index contributed by atoms with van der Waals surface area (Å²) in [5.41, 5.74) is 2.47. The standard InChI is InChI=1S/C24H26N2O8S/c1-15-8-10-19(11-9-15)35(30,31)26(24(28)29)12-18-6-5-7-20-22(18)25-21(13-33-17(3)27)16(2)23(20)34-14-32-4/h5-11H,12-14H2,1-4H3,(H,28,29). The molecule has 0 bridgehead atoms. The van der Waals surface area contributed by atoms with Gasteiger partial charge in [-0.15, -0.1) is 0 Å². The highest BCUT2D eigenvalue weighted by molar-refractivity contribution is 7.89. The maximum absolute atomic E-state index is 13.2. The minimum absolute atomic E-state index is 0.0692. The van der Waals surface area contributed by atoms with Crippen molar-refractivity contribution in [3.63, 3.8) is 0 Å². The predicted octanol–water partition coefficient (Wildman–Crippen LogP) is 3.77. The zero-order valence-corrected chi connectivity index (χ0v) is 20.6. The molecule has 2 aromatic carbocycles. The number of hydrogen-bond donors (Lipinski definition) is 1. The van der Waals surface area contributed by atoms with Crippen LogP contribution in [-0.2, 0) is 37.4 Å². The fraction of sp³-hybridized carbons (Fsp3) is 0.292. The third-order valence-electron chi connectivity index (χ3n) is 5.25. The number of pyridine rings is 1. The average Bonchev–Trinajstić information content (AvgIpc) is 2.80. The second kappa shape index (κ2) is 10.7. The van der Waals surface area contributed by atoms with E-state index in [-0.39, 0.29) is 18.3 Å². The van der Waals surface area contributed by atoms with E-state index in [9.17, 15) is 23.1 Å². The molecule has 3 aromatic rings. The molecule has 0 aliphatic carbocycles. The molecule has 0 saturated carbocycles. The van der Waals surface area contributed by atoms with Crippen molar-refractivity contribution in [1.82, 2.24) is 9.29 Å².